The first kappa shape index (κ1) is 12.4. The Hall–Kier alpha value is -2.34. The van der Waals surface area contributed by atoms with Crippen LogP contribution >= 0.6 is 11.3 Å². The molecule has 5 nitrogen and oxygen atoms in total. The molecule has 0 fully saturated rings. The van der Waals surface area contributed by atoms with E-state index in [1.165, 1.54) is 0 Å². The standard InChI is InChI=1S/C15H13N3O2S/c1-2-4-13-12(3-1)19-8-10(20-13)7-16-15-14-11(5-6-21-14)17-9-18-15/h1-6,9-10H,7-8H2,(H,16,17,18)/t10-/m0/s1. The second kappa shape index (κ2) is 5.21. The molecule has 0 amide bonds. The molecule has 0 spiro atoms. The first-order valence-electron chi connectivity index (χ1n) is 6.71. The van der Waals surface area contributed by atoms with Crippen molar-refractivity contribution in [2.75, 3.05) is 18.5 Å². The van der Waals surface area contributed by atoms with E-state index < -0.39 is 0 Å². The van der Waals surface area contributed by atoms with Gasteiger partial charge in [0.1, 0.15) is 24.9 Å². The molecule has 0 saturated carbocycles. The van der Waals surface area contributed by atoms with E-state index in [9.17, 15) is 0 Å². The maximum absolute atomic E-state index is 5.92. The fourth-order valence-electron chi connectivity index (χ4n) is 2.29. The SMILES string of the molecule is c1ccc2c(c1)OC[C@H](CNc1ncnc3ccsc13)O2. The summed E-state index contributed by atoms with van der Waals surface area (Å²) >= 11 is 1.63. The number of nitrogens with one attached hydrogen (secondary N) is 1. The lowest BCUT2D eigenvalue weighted by atomic mass is 10.2. The van der Waals surface area contributed by atoms with Gasteiger partial charge in [-0.25, -0.2) is 9.97 Å². The molecule has 106 valence electrons. The van der Waals surface area contributed by atoms with Crippen LogP contribution in [0.1, 0.15) is 0 Å². The molecule has 0 aliphatic carbocycles. The number of ether oxygens (including phenoxy) is 2. The molecular weight excluding hydrogens is 286 g/mol. The minimum Gasteiger partial charge on any atom is -0.486 e. The van der Waals surface area contributed by atoms with Gasteiger partial charge in [0.2, 0.25) is 0 Å². The van der Waals surface area contributed by atoms with E-state index in [2.05, 4.69) is 15.3 Å². The summed E-state index contributed by atoms with van der Waals surface area (Å²) in [6.07, 6.45) is 1.54. The zero-order valence-electron chi connectivity index (χ0n) is 11.2. The van der Waals surface area contributed by atoms with Crippen LogP contribution in [0.3, 0.4) is 0 Å². The van der Waals surface area contributed by atoms with E-state index in [0.717, 1.165) is 27.5 Å². The van der Waals surface area contributed by atoms with Crippen molar-refractivity contribution in [3.05, 3.63) is 42.0 Å². The maximum Gasteiger partial charge on any atom is 0.161 e. The zero-order valence-corrected chi connectivity index (χ0v) is 12.0. The number of anilines is 1. The highest BCUT2D eigenvalue weighted by atomic mass is 32.1. The van der Waals surface area contributed by atoms with Gasteiger partial charge in [-0.3, -0.25) is 0 Å². The van der Waals surface area contributed by atoms with Gasteiger partial charge < -0.3 is 14.8 Å². The molecule has 0 bridgehead atoms. The Morgan fingerprint density at radius 2 is 2.10 bits per heavy atom. The summed E-state index contributed by atoms with van der Waals surface area (Å²) in [6.45, 7) is 1.17. The van der Waals surface area contributed by atoms with Crippen LogP contribution < -0.4 is 14.8 Å². The highest BCUT2D eigenvalue weighted by Gasteiger charge is 2.20. The predicted octanol–water partition coefficient (Wildman–Crippen LogP) is 2.94. The minimum absolute atomic E-state index is 0.0372. The Morgan fingerprint density at radius 1 is 1.19 bits per heavy atom. The molecule has 1 N–H and O–H groups in total. The van der Waals surface area contributed by atoms with Gasteiger partial charge in [0.15, 0.2) is 11.5 Å². The van der Waals surface area contributed by atoms with Gasteiger partial charge in [0.05, 0.1) is 16.8 Å². The average molecular weight is 299 g/mol. The van der Waals surface area contributed by atoms with Crippen LogP contribution in [-0.2, 0) is 0 Å². The summed E-state index contributed by atoms with van der Waals surface area (Å²) in [5.74, 6) is 2.44. The van der Waals surface area contributed by atoms with E-state index in [1.54, 1.807) is 17.7 Å². The molecule has 1 aromatic carbocycles. The fraction of sp³-hybridized carbons (Fsp3) is 0.200. The van der Waals surface area contributed by atoms with Gasteiger partial charge in [-0.2, -0.15) is 0 Å². The lowest BCUT2D eigenvalue weighted by Gasteiger charge is -2.26. The van der Waals surface area contributed by atoms with Crippen molar-refractivity contribution in [2.24, 2.45) is 0 Å². The summed E-state index contributed by atoms with van der Waals surface area (Å²) in [5, 5.41) is 5.34. The Morgan fingerprint density at radius 3 is 3.05 bits per heavy atom. The fourth-order valence-corrected chi connectivity index (χ4v) is 3.10. The van der Waals surface area contributed by atoms with Gasteiger partial charge in [-0.15, -0.1) is 11.3 Å². The molecule has 3 aromatic rings. The van der Waals surface area contributed by atoms with Gasteiger partial charge in [0.25, 0.3) is 0 Å². The molecular formula is C15H13N3O2S. The van der Waals surface area contributed by atoms with Crippen LogP contribution in [0.15, 0.2) is 42.0 Å². The largest absolute Gasteiger partial charge is 0.486 e. The first-order chi connectivity index (χ1) is 10.4. The third kappa shape index (κ3) is 2.38. The number of aromatic nitrogens is 2. The van der Waals surface area contributed by atoms with Gasteiger partial charge in [-0.1, -0.05) is 12.1 Å². The maximum atomic E-state index is 5.92. The Kier molecular flexibility index (Phi) is 3.08. The Bertz CT molecular complexity index is 774. The molecule has 3 heterocycles. The number of nitrogens with zero attached hydrogens (tertiary/aromatic N) is 2. The predicted molar refractivity (Wildman–Crippen MR) is 82.3 cm³/mol. The second-order valence-corrected chi connectivity index (χ2v) is 5.65. The van der Waals surface area contributed by atoms with Crippen LogP contribution in [0.5, 0.6) is 11.5 Å². The number of benzene rings is 1. The number of para-hydroxylation sites is 2. The molecule has 4 rings (SSSR count). The third-order valence-corrected chi connectivity index (χ3v) is 4.22. The van der Waals surface area contributed by atoms with Crippen molar-refractivity contribution in [3.8, 4) is 11.5 Å². The zero-order chi connectivity index (χ0) is 14.1. The van der Waals surface area contributed by atoms with Crippen LogP contribution in [-0.4, -0.2) is 29.2 Å². The van der Waals surface area contributed by atoms with Crippen molar-refractivity contribution in [1.29, 1.82) is 0 Å². The summed E-state index contributed by atoms with van der Waals surface area (Å²) in [5.41, 5.74) is 0.962. The monoisotopic (exact) mass is 299 g/mol. The van der Waals surface area contributed by atoms with Crippen molar-refractivity contribution < 1.29 is 9.47 Å². The molecule has 1 aliphatic rings. The van der Waals surface area contributed by atoms with Crippen molar-refractivity contribution >= 4 is 27.4 Å². The minimum atomic E-state index is -0.0372. The number of thiophene rings is 1. The Labute approximate surface area is 125 Å². The van der Waals surface area contributed by atoms with Crippen molar-refractivity contribution in [3.63, 3.8) is 0 Å². The molecule has 0 unspecified atom stereocenters. The molecule has 0 radical (unpaired) electrons. The van der Waals surface area contributed by atoms with E-state index in [1.807, 2.05) is 35.7 Å². The molecule has 1 aliphatic heterocycles. The van der Waals surface area contributed by atoms with Crippen molar-refractivity contribution in [2.45, 2.75) is 6.10 Å². The van der Waals surface area contributed by atoms with Crippen LogP contribution in [0, 0.1) is 0 Å². The number of fused-ring (bicyclic) bond motifs is 2. The topological polar surface area (TPSA) is 56.3 Å². The van der Waals surface area contributed by atoms with Crippen LogP contribution in [0.2, 0.25) is 0 Å². The van der Waals surface area contributed by atoms with Gasteiger partial charge >= 0.3 is 0 Å². The number of rotatable bonds is 3. The summed E-state index contributed by atoms with van der Waals surface area (Å²) < 4.78 is 12.7. The molecule has 1 atom stereocenters. The van der Waals surface area contributed by atoms with E-state index in [0.29, 0.717) is 13.2 Å². The third-order valence-electron chi connectivity index (χ3n) is 3.31. The quantitative estimate of drug-likeness (QED) is 0.806. The molecule has 21 heavy (non-hydrogen) atoms. The molecule has 6 heteroatoms. The number of hydrogen-bond acceptors (Lipinski definition) is 6. The van der Waals surface area contributed by atoms with Crippen molar-refractivity contribution in [1.82, 2.24) is 9.97 Å². The summed E-state index contributed by atoms with van der Waals surface area (Å²) in [7, 11) is 0. The molecule has 2 aromatic heterocycles. The van der Waals surface area contributed by atoms with E-state index in [4.69, 9.17) is 9.47 Å². The van der Waals surface area contributed by atoms with Gasteiger partial charge in [-0.05, 0) is 23.6 Å². The van der Waals surface area contributed by atoms with Crippen LogP contribution in [0.4, 0.5) is 5.82 Å². The summed E-state index contributed by atoms with van der Waals surface area (Å²) in [4.78, 5) is 8.53. The Balaban J connectivity index is 1.47. The van der Waals surface area contributed by atoms with Gasteiger partial charge in [0, 0.05) is 0 Å². The highest BCUT2D eigenvalue weighted by molar-refractivity contribution is 7.17. The molecule has 0 saturated heterocycles. The van der Waals surface area contributed by atoms with E-state index in [-0.39, 0.29) is 6.10 Å². The lowest BCUT2D eigenvalue weighted by Crippen LogP contribution is -2.35. The number of hydrogen-bond donors (Lipinski definition) is 1. The van der Waals surface area contributed by atoms with Crippen LogP contribution in [0.25, 0.3) is 10.2 Å². The average Bonchev–Trinajstić information content (AvgIpc) is 3.02. The van der Waals surface area contributed by atoms with E-state index >= 15 is 0 Å². The smallest absolute Gasteiger partial charge is 0.161 e. The first-order valence-corrected chi connectivity index (χ1v) is 7.59. The lowest BCUT2D eigenvalue weighted by molar-refractivity contribution is 0.0997. The highest BCUT2D eigenvalue weighted by Crippen LogP contribution is 2.31. The summed E-state index contributed by atoms with van der Waals surface area (Å²) in [6, 6.07) is 9.71. The second-order valence-electron chi connectivity index (χ2n) is 4.74. The normalized spacial score (nSPS) is 16.9.